The number of hydrogen-bond acceptors (Lipinski definition) is 4. The van der Waals surface area contributed by atoms with Crippen molar-refractivity contribution >= 4 is 5.97 Å². The number of ether oxygens (including phenoxy) is 2. The highest BCUT2D eigenvalue weighted by Gasteiger charge is 2.11. The number of carbonyl (C=O) groups is 1. The van der Waals surface area contributed by atoms with Crippen LogP contribution in [-0.2, 0) is 0 Å². The largest absolute Gasteiger partial charge is 0.490 e. The Morgan fingerprint density at radius 1 is 1.15 bits per heavy atom. The lowest BCUT2D eigenvalue weighted by Crippen LogP contribution is -2.12. The molecule has 0 bridgehead atoms. The number of hydrogen-bond donors (Lipinski definition) is 1. The highest BCUT2D eigenvalue weighted by molar-refractivity contribution is 5.88. The lowest BCUT2D eigenvalue weighted by atomic mass is 10.3. The molecule has 0 fully saturated rings. The maximum Gasteiger partial charge on any atom is 0.358 e. The number of halogens is 1. The van der Waals surface area contributed by atoms with Crippen molar-refractivity contribution in [1.29, 1.82) is 0 Å². The van der Waals surface area contributed by atoms with E-state index in [9.17, 15) is 9.18 Å². The van der Waals surface area contributed by atoms with Gasteiger partial charge in [-0.2, -0.15) is 0 Å². The van der Waals surface area contributed by atoms with Gasteiger partial charge >= 0.3 is 5.97 Å². The van der Waals surface area contributed by atoms with Gasteiger partial charge in [-0.15, -0.1) is 0 Å². The molecule has 0 saturated heterocycles. The van der Waals surface area contributed by atoms with E-state index < -0.39 is 5.97 Å². The molecule has 104 valence electrons. The zero-order chi connectivity index (χ0) is 14.4. The summed E-state index contributed by atoms with van der Waals surface area (Å²) in [4.78, 5) is 14.6. The molecule has 0 spiro atoms. The van der Waals surface area contributed by atoms with Crippen molar-refractivity contribution in [2.45, 2.75) is 0 Å². The fraction of sp³-hybridized carbons (Fsp3) is 0.143. The summed E-state index contributed by atoms with van der Waals surface area (Å²) >= 11 is 0. The molecule has 6 heteroatoms. The van der Waals surface area contributed by atoms with E-state index >= 15 is 0 Å². The van der Waals surface area contributed by atoms with Crippen LogP contribution in [0.2, 0.25) is 0 Å². The molecule has 0 aliphatic rings. The van der Waals surface area contributed by atoms with Crippen LogP contribution in [0.1, 0.15) is 10.5 Å². The van der Waals surface area contributed by atoms with E-state index in [0.717, 1.165) is 0 Å². The monoisotopic (exact) mass is 277 g/mol. The van der Waals surface area contributed by atoms with Gasteiger partial charge in [0, 0.05) is 6.20 Å². The van der Waals surface area contributed by atoms with Crippen molar-refractivity contribution in [3.63, 3.8) is 0 Å². The second kappa shape index (κ2) is 6.51. The highest BCUT2D eigenvalue weighted by Crippen LogP contribution is 2.15. The highest BCUT2D eigenvalue weighted by atomic mass is 19.1. The summed E-state index contributed by atoms with van der Waals surface area (Å²) in [5.41, 5.74) is -0.144. The number of rotatable bonds is 6. The van der Waals surface area contributed by atoms with Crippen molar-refractivity contribution in [2.24, 2.45) is 0 Å². The quantitative estimate of drug-likeness (QED) is 0.821. The molecule has 0 atom stereocenters. The van der Waals surface area contributed by atoms with Gasteiger partial charge in [0.2, 0.25) is 0 Å². The van der Waals surface area contributed by atoms with E-state index in [2.05, 4.69) is 4.98 Å². The molecule has 1 aromatic heterocycles. The minimum atomic E-state index is -1.15. The van der Waals surface area contributed by atoms with Crippen molar-refractivity contribution in [2.75, 3.05) is 13.2 Å². The number of carboxylic acids is 1. The molecule has 0 radical (unpaired) electrons. The number of benzene rings is 1. The molecular formula is C14H12FNO4. The van der Waals surface area contributed by atoms with Gasteiger partial charge in [0.05, 0.1) is 0 Å². The average Bonchev–Trinajstić information content (AvgIpc) is 2.46. The molecule has 0 aliphatic heterocycles. The van der Waals surface area contributed by atoms with E-state index in [1.54, 1.807) is 6.07 Å². The topological polar surface area (TPSA) is 68.7 Å². The fourth-order valence-electron chi connectivity index (χ4n) is 1.51. The van der Waals surface area contributed by atoms with Gasteiger partial charge in [-0.05, 0) is 36.4 Å². The first-order chi connectivity index (χ1) is 9.66. The van der Waals surface area contributed by atoms with Gasteiger partial charge in [0.25, 0.3) is 0 Å². The van der Waals surface area contributed by atoms with E-state index in [1.165, 1.54) is 36.5 Å². The second-order valence-electron chi connectivity index (χ2n) is 3.81. The predicted octanol–water partition coefficient (Wildman–Crippen LogP) is 2.38. The number of aromatic nitrogens is 1. The summed E-state index contributed by atoms with van der Waals surface area (Å²) < 4.78 is 23.3. The van der Waals surface area contributed by atoms with Crippen molar-refractivity contribution in [1.82, 2.24) is 4.98 Å². The molecule has 5 nitrogen and oxygen atoms in total. The summed E-state index contributed by atoms with van der Waals surface area (Å²) in [6, 6.07) is 8.70. The van der Waals surface area contributed by atoms with Crippen LogP contribution in [0.4, 0.5) is 4.39 Å². The zero-order valence-electron chi connectivity index (χ0n) is 10.5. The second-order valence-corrected chi connectivity index (χ2v) is 3.81. The Balaban J connectivity index is 1.84. The van der Waals surface area contributed by atoms with Gasteiger partial charge in [0.15, 0.2) is 11.4 Å². The van der Waals surface area contributed by atoms with Gasteiger partial charge in [-0.3, -0.25) is 0 Å². The predicted molar refractivity (Wildman–Crippen MR) is 68.6 cm³/mol. The van der Waals surface area contributed by atoms with Crippen LogP contribution in [0.3, 0.4) is 0 Å². The smallest absolute Gasteiger partial charge is 0.358 e. The normalized spacial score (nSPS) is 10.1. The number of carboxylic acid groups (broad SMARTS) is 1. The SMILES string of the molecule is O=C(O)c1ncccc1OCCOc1ccc(F)cc1. The third-order valence-corrected chi connectivity index (χ3v) is 2.40. The molecule has 1 aromatic carbocycles. The van der Waals surface area contributed by atoms with Gasteiger partial charge in [0.1, 0.15) is 24.8 Å². The van der Waals surface area contributed by atoms with E-state index in [-0.39, 0.29) is 30.5 Å². The van der Waals surface area contributed by atoms with Crippen molar-refractivity contribution in [3.8, 4) is 11.5 Å². The summed E-state index contributed by atoms with van der Waals surface area (Å²) in [6.45, 7) is 0.364. The molecule has 1 heterocycles. The zero-order valence-corrected chi connectivity index (χ0v) is 10.5. The Hall–Kier alpha value is -2.63. The third-order valence-electron chi connectivity index (χ3n) is 2.40. The first kappa shape index (κ1) is 13.8. The van der Waals surface area contributed by atoms with Crippen LogP contribution in [0.5, 0.6) is 11.5 Å². The van der Waals surface area contributed by atoms with Gasteiger partial charge < -0.3 is 14.6 Å². The first-order valence-electron chi connectivity index (χ1n) is 5.86. The lowest BCUT2D eigenvalue weighted by Gasteiger charge is -2.09. The Labute approximate surface area is 114 Å². The molecule has 2 aromatic rings. The Kier molecular flexibility index (Phi) is 4.49. The fourth-order valence-corrected chi connectivity index (χ4v) is 1.51. The van der Waals surface area contributed by atoms with Crippen LogP contribution >= 0.6 is 0 Å². The summed E-state index contributed by atoms with van der Waals surface area (Å²) in [7, 11) is 0. The minimum Gasteiger partial charge on any atom is -0.490 e. The Bertz CT molecular complexity index is 586. The van der Waals surface area contributed by atoms with E-state index in [4.69, 9.17) is 14.6 Å². The molecule has 1 N–H and O–H groups in total. The van der Waals surface area contributed by atoms with Gasteiger partial charge in [-0.1, -0.05) is 0 Å². The maximum atomic E-state index is 12.7. The third kappa shape index (κ3) is 3.68. The first-order valence-corrected chi connectivity index (χ1v) is 5.86. The Morgan fingerprint density at radius 3 is 2.55 bits per heavy atom. The summed E-state index contributed by atoms with van der Waals surface area (Å²) in [5.74, 6) is -0.794. The lowest BCUT2D eigenvalue weighted by molar-refractivity contribution is 0.0684. The maximum absolute atomic E-state index is 12.7. The van der Waals surface area contributed by atoms with Crippen molar-refractivity contribution < 1.29 is 23.8 Å². The molecule has 0 unspecified atom stereocenters. The van der Waals surface area contributed by atoms with Gasteiger partial charge in [-0.25, -0.2) is 14.2 Å². The average molecular weight is 277 g/mol. The molecule has 0 saturated carbocycles. The van der Waals surface area contributed by atoms with Crippen LogP contribution in [0.25, 0.3) is 0 Å². The van der Waals surface area contributed by atoms with Crippen LogP contribution in [-0.4, -0.2) is 29.3 Å². The van der Waals surface area contributed by atoms with E-state index in [0.29, 0.717) is 5.75 Å². The number of pyridine rings is 1. The number of nitrogens with zero attached hydrogens (tertiary/aromatic N) is 1. The Morgan fingerprint density at radius 2 is 1.85 bits per heavy atom. The molecule has 0 aliphatic carbocycles. The standard InChI is InChI=1S/C14H12FNO4/c15-10-3-5-11(6-4-10)19-8-9-20-12-2-1-7-16-13(12)14(17)18/h1-7H,8-9H2,(H,17,18). The molecule has 2 rings (SSSR count). The minimum absolute atomic E-state index is 0.144. The molecular weight excluding hydrogens is 265 g/mol. The van der Waals surface area contributed by atoms with Crippen LogP contribution in [0.15, 0.2) is 42.6 Å². The molecule has 20 heavy (non-hydrogen) atoms. The van der Waals surface area contributed by atoms with Crippen molar-refractivity contribution in [3.05, 3.63) is 54.1 Å². The summed E-state index contributed by atoms with van der Waals surface area (Å²) in [5, 5.41) is 8.92. The number of aromatic carboxylic acids is 1. The van der Waals surface area contributed by atoms with E-state index in [1.807, 2.05) is 0 Å². The molecule has 0 amide bonds. The van der Waals surface area contributed by atoms with Crippen LogP contribution in [0, 0.1) is 5.82 Å². The van der Waals surface area contributed by atoms with Crippen LogP contribution < -0.4 is 9.47 Å². The summed E-state index contributed by atoms with van der Waals surface area (Å²) in [6.07, 6.45) is 1.38.